The van der Waals surface area contributed by atoms with Crippen molar-refractivity contribution < 1.29 is 0 Å². The van der Waals surface area contributed by atoms with E-state index in [2.05, 4.69) is 103 Å². The minimum Gasteiger partial charge on any atom is -0.256 e. The number of hydrogen-bond donors (Lipinski definition) is 0. The van der Waals surface area contributed by atoms with Gasteiger partial charge in [-0.15, -0.1) is 0 Å². The second-order valence-corrected chi connectivity index (χ2v) is 8.54. The molecule has 0 aliphatic heterocycles. The van der Waals surface area contributed by atoms with Gasteiger partial charge in [0.15, 0.2) is 0 Å². The van der Waals surface area contributed by atoms with Gasteiger partial charge >= 0.3 is 0 Å². The summed E-state index contributed by atoms with van der Waals surface area (Å²) in [7, 11) is 0. The molecule has 0 atom stereocenters. The van der Waals surface area contributed by atoms with E-state index >= 15 is 0 Å². The van der Waals surface area contributed by atoms with E-state index in [0.717, 1.165) is 11.1 Å². The average Bonchev–Trinajstić information content (AvgIpc) is 2.84. The highest BCUT2D eigenvalue weighted by molar-refractivity contribution is 6.10. The average molecular weight is 406 g/mol. The number of nitrogens with zero attached hydrogens (tertiary/aromatic N) is 1. The van der Waals surface area contributed by atoms with Gasteiger partial charge in [0.25, 0.3) is 0 Å². The maximum absolute atomic E-state index is 4.70. The predicted molar refractivity (Wildman–Crippen MR) is 137 cm³/mol. The first-order valence-electron chi connectivity index (χ1n) is 11.0. The number of benzene rings is 6. The van der Waals surface area contributed by atoms with Crippen LogP contribution in [0.5, 0.6) is 0 Å². The summed E-state index contributed by atoms with van der Waals surface area (Å²) in [4.78, 5) is 4.70. The van der Waals surface area contributed by atoms with Crippen LogP contribution in [0.4, 0.5) is 0 Å². The van der Waals surface area contributed by atoms with E-state index in [1.54, 1.807) is 0 Å². The maximum Gasteiger partial charge on any atom is 0.0702 e. The molecule has 1 aromatic heterocycles. The molecule has 0 spiro atoms. The molecule has 148 valence electrons. The molecule has 0 radical (unpaired) electrons. The molecular weight excluding hydrogens is 386 g/mol. The van der Waals surface area contributed by atoms with E-state index in [9.17, 15) is 0 Å². The number of rotatable bonds is 1. The van der Waals surface area contributed by atoms with E-state index < -0.39 is 0 Å². The van der Waals surface area contributed by atoms with Crippen LogP contribution in [0.15, 0.2) is 115 Å². The van der Waals surface area contributed by atoms with Crippen LogP contribution in [0.25, 0.3) is 65.1 Å². The third kappa shape index (κ3) is 2.68. The van der Waals surface area contributed by atoms with Crippen LogP contribution < -0.4 is 0 Å². The van der Waals surface area contributed by atoms with Gasteiger partial charge in [-0.2, -0.15) is 0 Å². The van der Waals surface area contributed by atoms with Gasteiger partial charge in [-0.05, 0) is 97.2 Å². The minimum absolute atomic E-state index is 1.03. The van der Waals surface area contributed by atoms with Crippen LogP contribution >= 0.6 is 0 Å². The fourth-order valence-corrected chi connectivity index (χ4v) is 4.94. The molecule has 0 aliphatic rings. The summed E-state index contributed by atoms with van der Waals surface area (Å²) >= 11 is 0. The van der Waals surface area contributed by atoms with Gasteiger partial charge in [0.1, 0.15) is 0 Å². The van der Waals surface area contributed by atoms with Crippen LogP contribution in [0.3, 0.4) is 0 Å². The third-order valence-electron chi connectivity index (χ3n) is 6.56. The molecule has 0 unspecified atom stereocenters. The zero-order valence-electron chi connectivity index (χ0n) is 17.4. The lowest BCUT2D eigenvalue weighted by Crippen LogP contribution is -1.86. The highest BCUT2D eigenvalue weighted by Gasteiger charge is 2.08. The summed E-state index contributed by atoms with van der Waals surface area (Å²) in [6.07, 6.45) is 1.99. The third-order valence-corrected chi connectivity index (χ3v) is 6.56. The van der Waals surface area contributed by atoms with Crippen molar-refractivity contribution in [3.05, 3.63) is 115 Å². The van der Waals surface area contributed by atoms with Crippen molar-refractivity contribution in [1.29, 1.82) is 0 Å². The quantitative estimate of drug-likeness (QED) is 0.249. The molecule has 1 heteroatoms. The normalized spacial score (nSPS) is 11.8. The molecule has 0 N–H and O–H groups in total. The first-order chi connectivity index (χ1) is 15.8. The Morgan fingerprint density at radius 3 is 1.72 bits per heavy atom. The summed E-state index contributed by atoms with van der Waals surface area (Å²) < 4.78 is 0. The van der Waals surface area contributed by atoms with Gasteiger partial charge in [-0.1, -0.05) is 60.7 Å². The number of hydrogen-bond acceptors (Lipinski definition) is 1. The highest BCUT2D eigenvalue weighted by atomic mass is 14.6. The van der Waals surface area contributed by atoms with Crippen molar-refractivity contribution >= 4 is 54.0 Å². The van der Waals surface area contributed by atoms with Crippen molar-refractivity contribution in [2.24, 2.45) is 0 Å². The molecular formula is C31H19N. The fourth-order valence-electron chi connectivity index (χ4n) is 4.94. The summed E-state index contributed by atoms with van der Waals surface area (Å²) in [5.41, 5.74) is 3.40. The summed E-state index contributed by atoms with van der Waals surface area (Å²) in [6, 6.07) is 39.6. The van der Waals surface area contributed by atoms with E-state index in [0.29, 0.717) is 0 Å². The lowest BCUT2D eigenvalue weighted by Gasteiger charge is -2.11. The fraction of sp³-hybridized carbons (Fsp3) is 0. The Morgan fingerprint density at radius 2 is 0.969 bits per heavy atom. The molecule has 1 nitrogen and oxygen atoms in total. The Hall–Kier alpha value is -4.23. The minimum atomic E-state index is 1.03. The number of para-hydroxylation sites is 1. The molecule has 0 aliphatic carbocycles. The molecule has 0 saturated heterocycles. The van der Waals surface area contributed by atoms with E-state index in [1.807, 2.05) is 12.3 Å². The monoisotopic (exact) mass is 405 g/mol. The summed E-state index contributed by atoms with van der Waals surface area (Å²) in [6.45, 7) is 0. The Labute approximate surface area is 185 Å². The van der Waals surface area contributed by atoms with Crippen LogP contribution in [0.2, 0.25) is 0 Å². The van der Waals surface area contributed by atoms with Crippen molar-refractivity contribution in [1.82, 2.24) is 4.98 Å². The van der Waals surface area contributed by atoms with Crippen molar-refractivity contribution in [3.63, 3.8) is 0 Å². The molecule has 6 aromatic carbocycles. The first kappa shape index (κ1) is 17.5. The van der Waals surface area contributed by atoms with Gasteiger partial charge in [-0.3, -0.25) is 4.98 Å². The summed E-state index contributed by atoms with van der Waals surface area (Å²) in [5.74, 6) is 0. The standard InChI is InChI=1S/C31H19N/c1-2-7-21-13-25-17-27-18-30-22(14-26(27)16-24(25)12-20(21)6-1)9-5-10-29(30)28-15-23-8-3-4-11-31(23)32-19-28/h1-19H. The summed E-state index contributed by atoms with van der Waals surface area (Å²) in [5, 5.41) is 11.3. The van der Waals surface area contributed by atoms with Crippen LogP contribution in [0.1, 0.15) is 0 Å². The molecule has 1 heterocycles. The molecule has 0 amide bonds. The predicted octanol–water partition coefficient (Wildman–Crippen LogP) is 8.51. The topological polar surface area (TPSA) is 12.9 Å². The molecule has 32 heavy (non-hydrogen) atoms. The smallest absolute Gasteiger partial charge is 0.0702 e. The molecule has 0 bridgehead atoms. The second kappa shape index (κ2) is 6.63. The second-order valence-electron chi connectivity index (χ2n) is 8.54. The van der Waals surface area contributed by atoms with Gasteiger partial charge in [0, 0.05) is 17.1 Å². The molecule has 0 saturated carbocycles. The van der Waals surface area contributed by atoms with Gasteiger partial charge in [-0.25, -0.2) is 0 Å². The largest absolute Gasteiger partial charge is 0.256 e. The number of fused-ring (bicyclic) bond motifs is 5. The van der Waals surface area contributed by atoms with Crippen molar-refractivity contribution in [2.75, 3.05) is 0 Å². The lowest BCUT2D eigenvalue weighted by atomic mass is 9.94. The SMILES string of the molecule is c1ccc2cc3cc4cc5c(-c6cnc7ccccc7c6)cccc5cc4cc3cc2c1. The van der Waals surface area contributed by atoms with E-state index in [-0.39, 0.29) is 0 Å². The van der Waals surface area contributed by atoms with E-state index in [4.69, 9.17) is 4.98 Å². The van der Waals surface area contributed by atoms with Gasteiger partial charge in [0.05, 0.1) is 5.52 Å². The number of pyridine rings is 1. The molecule has 7 aromatic rings. The molecule has 0 fully saturated rings. The van der Waals surface area contributed by atoms with Gasteiger partial charge in [0.2, 0.25) is 0 Å². The van der Waals surface area contributed by atoms with Gasteiger partial charge < -0.3 is 0 Å². The zero-order valence-corrected chi connectivity index (χ0v) is 17.4. The van der Waals surface area contributed by atoms with Crippen molar-refractivity contribution in [3.8, 4) is 11.1 Å². The van der Waals surface area contributed by atoms with Crippen molar-refractivity contribution in [2.45, 2.75) is 0 Å². The lowest BCUT2D eigenvalue weighted by molar-refractivity contribution is 1.41. The Balaban J connectivity index is 1.50. The van der Waals surface area contributed by atoms with Crippen LogP contribution in [-0.4, -0.2) is 4.98 Å². The van der Waals surface area contributed by atoms with Crippen LogP contribution in [-0.2, 0) is 0 Å². The van der Waals surface area contributed by atoms with E-state index in [1.165, 1.54) is 54.0 Å². The first-order valence-corrected chi connectivity index (χ1v) is 11.0. The Morgan fingerprint density at radius 1 is 0.406 bits per heavy atom. The van der Waals surface area contributed by atoms with Crippen LogP contribution in [0, 0.1) is 0 Å². The molecule has 7 rings (SSSR count). The zero-order chi connectivity index (χ0) is 21.1. The Bertz CT molecular complexity index is 1830. The number of aromatic nitrogens is 1. The maximum atomic E-state index is 4.70. The highest BCUT2D eigenvalue weighted by Crippen LogP contribution is 2.35. The Kier molecular flexibility index (Phi) is 3.62.